The second-order valence-corrected chi connectivity index (χ2v) is 5.00. The Bertz CT molecular complexity index is 588. The van der Waals surface area contributed by atoms with Crippen LogP contribution < -0.4 is 5.32 Å². The molecule has 0 atom stereocenters. The van der Waals surface area contributed by atoms with Gasteiger partial charge < -0.3 is 5.32 Å². The number of benzene rings is 2. The Morgan fingerprint density at radius 1 is 0.900 bits per heavy atom. The van der Waals surface area contributed by atoms with E-state index in [1.54, 1.807) is 12.1 Å². The molecular weight excluding hydrogens is 263 g/mol. The summed E-state index contributed by atoms with van der Waals surface area (Å²) in [4.78, 5) is 0. The van der Waals surface area contributed by atoms with E-state index in [1.807, 2.05) is 13.8 Å². The molecule has 2 aromatic rings. The Morgan fingerprint density at radius 3 is 2.10 bits per heavy atom. The van der Waals surface area contributed by atoms with Crippen molar-refractivity contribution in [2.45, 2.75) is 26.4 Å². The van der Waals surface area contributed by atoms with Crippen LogP contribution in [0.4, 0.5) is 13.2 Å². The predicted octanol–water partition coefficient (Wildman–Crippen LogP) is 4.27. The lowest BCUT2D eigenvalue weighted by molar-refractivity contribution is 0.553. The summed E-state index contributed by atoms with van der Waals surface area (Å²) in [6.45, 7) is 4.37. The molecule has 106 valence electrons. The molecular formula is C16H16F3N. The maximum Gasteiger partial charge on any atom is 0.128 e. The first-order valence-electron chi connectivity index (χ1n) is 6.44. The van der Waals surface area contributed by atoms with E-state index in [4.69, 9.17) is 0 Å². The topological polar surface area (TPSA) is 12.0 Å². The zero-order valence-electron chi connectivity index (χ0n) is 11.4. The highest BCUT2D eigenvalue weighted by molar-refractivity contribution is 5.64. The zero-order valence-corrected chi connectivity index (χ0v) is 11.4. The van der Waals surface area contributed by atoms with E-state index in [0.717, 1.165) is 6.07 Å². The first kappa shape index (κ1) is 14.6. The van der Waals surface area contributed by atoms with E-state index in [-0.39, 0.29) is 11.9 Å². The Labute approximate surface area is 116 Å². The molecule has 2 rings (SSSR count). The molecule has 0 aromatic heterocycles. The van der Waals surface area contributed by atoms with Crippen LogP contribution in [0.1, 0.15) is 19.4 Å². The van der Waals surface area contributed by atoms with E-state index >= 15 is 0 Å². The van der Waals surface area contributed by atoms with Gasteiger partial charge in [-0.05, 0) is 29.3 Å². The van der Waals surface area contributed by atoms with Crippen molar-refractivity contribution < 1.29 is 13.2 Å². The van der Waals surface area contributed by atoms with Gasteiger partial charge in [-0.1, -0.05) is 26.0 Å². The van der Waals surface area contributed by atoms with Crippen molar-refractivity contribution in [1.82, 2.24) is 5.32 Å². The van der Waals surface area contributed by atoms with E-state index in [1.165, 1.54) is 18.2 Å². The van der Waals surface area contributed by atoms with Crippen molar-refractivity contribution in [3.05, 3.63) is 59.4 Å². The molecule has 0 bridgehead atoms. The first-order chi connectivity index (χ1) is 9.45. The Hall–Kier alpha value is -1.81. The average molecular weight is 279 g/mol. The van der Waals surface area contributed by atoms with E-state index in [2.05, 4.69) is 5.32 Å². The number of halogens is 3. The molecule has 1 nitrogen and oxygen atoms in total. The normalized spacial score (nSPS) is 11.1. The Kier molecular flexibility index (Phi) is 4.45. The van der Waals surface area contributed by atoms with Crippen LogP contribution in [0, 0.1) is 17.5 Å². The number of hydrogen-bond donors (Lipinski definition) is 1. The fraction of sp³-hybridized carbons (Fsp3) is 0.250. The summed E-state index contributed by atoms with van der Waals surface area (Å²) in [6.07, 6.45) is 0. The maximum atomic E-state index is 14.0. The summed E-state index contributed by atoms with van der Waals surface area (Å²) < 4.78 is 40.3. The lowest BCUT2D eigenvalue weighted by atomic mass is 10.0. The SMILES string of the molecule is CC(C)NCc1ccc(-c2cc(F)cc(F)c2)cc1F. The average Bonchev–Trinajstić information content (AvgIpc) is 2.35. The lowest BCUT2D eigenvalue weighted by Gasteiger charge is -2.10. The van der Waals surface area contributed by atoms with Gasteiger partial charge in [-0.2, -0.15) is 0 Å². The summed E-state index contributed by atoms with van der Waals surface area (Å²) in [5.74, 6) is -1.74. The van der Waals surface area contributed by atoms with Gasteiger partial charge in [0.2, 0.25) is 0 Å². The van der Waals surface area contributed by atoms with Gasteiger partial charge in [0.15, 0.2) is 0 Å². The van der Waals surface area contributed by atoms with Crippen LogP contribution in [0.2, 0.25) is 0 Å². The summed E-state index contributed by atoms with van der Waals surface area (Å²) in [6, 6.07) is 8.00. The summed E-state index contributed by atoms with van der Waals surface area (Å²) in [5.41, 5.74) is 1.30. The summed E-state index contributed by atoms with van der Waals surface area (Å²) in [7, 11) is 0. The van der Waals surface area contributed by atoms with Crippen molar-refractivity contribution in [1.29, 1.82) is 0 Å². The predicted molar refractivity (Wildman–Crippen MR) is 73.7 cm³/mol. The monoisotopic (exact) mass is 279 g/mol. The van der Waals surface area contributed by atoms with Crippen LogP contribution in [-0.2, 0) is 6.54 Å². The molecule has 1 N–H and O–H groups in total. The molecule has 0 heterocycles. The van der Waals surface area contributed by atoms with Gasteiger partial charge >= 0.3 is 0 Å². The van der Waals surface area contributed by atoms with Gasteiger partial charge in [0.05, 0.1) is 0 Å². The molecule has 0 saturated carbocycles. The van der Waals surface area contributed by atoms with Crippen LogP contribution in [-0.4, -0.2) is 6.04 Å². The number of rotatable bonds is 4. The van der Waals surface area contributed by atoms with Crippen LogP contribution in [0.25, 0.3) is 11.1 Å². The third-order valence-electron chi connectivity index (χ3n) is 2.95. The molecule has 4 heteroatoms. The van der Waals surface area contributed by atoms with Crippen LogP contribution >= 0.6 is 0 Å². The van der Waals surface area contributed by atoms with E-state index in [9.17, 15) is 13.2 Å². The summed E-state index contributed by atoms with van der Waals surface area (Å²) >= 11 is 0. The molecule has 0 radical (unpaired) electrons. The van der Waals surface area contributed by atoms with Crippen molar-refractivity contribution in [2.24, 2.45) is 0 Å². The fourth-order valence-electron chi connectivity index (χ4n) is 1.90. The van der Waals surface area contributed by atoms with Gasteiger partial charge in [0.25, 0.3) is 0 Å². The van der Waals surface area contributed by atoms with Gasteiger partial charge in [0.1, 0.15) is 17.5 Å². The zero-order chi connectivity index (χ0) is 14.7. The molecule has 20 heavy (non-hydrogen) atoms. The summed E-state index contributed by atoms with van der Waals surface area (Å²) in [5, 5.41) is 3.12. The molecule has 0 spiro atoms. The van der Waals surface area contributed by atoms with Gasteiger partial charge in [0, 0.05) is 24.2 Å². The quantitative estimate of drug-likeness (QED) is 0.881. The minimum Gasteiger partial charge on any atom is -0.310 e. The first-order valence-corrected chi connectivity index (χ1v) is 6.44. The Balaban J connectivity index is 2.28. The fourth-order valence-corrected chi connectivity index (χ4v) is 1.90. The highest BCUT2D eigenvalue weighted by Gasteiger charge is 2.08. The minimum absolute atomic E-state index is 0.256. The number of nitrogens with one attached hydrogen (secondary N) is 1. The maximum absolute atomic E-state index is 14.0. The van der Waals surface area contributed by atoms with Crippen LogP contribution in [0.3, 0.4) is 0 Å². The molecule has 0 fully saturated rings. The second kappa shape index (κ2) is 6.09. The molecule has 0 saturated heterocycles. The second-order valence-electron chi connectivity index (χ2n) is 5.00. The van der Waals surface area contributed by atoms with Gasteiger partial charge in [-0.25, -0.2) is 13.2 Å². The van der Waals surface area contributed by atoms with Crippen LogP contribution in [0.15, 0.2) is 36.4 Å². The Morgan fingerprint density at radius 2 is 1.55 bits per heavy atom. The molecule has 0 amide bonds. The van der Waals surface area contributed by atoms with Crippen LogP contribution in [0.5, 0.6) is 0 Å². The largest absolute Gasteiger partial charge is 0.310 e. The minimum atomic E-state index is -0.675. The third-order valence-corrected chi connectivity index (χ3v) is 2.95. The van der Waals surface area contributed by atoms with Crippen molar-refractivity contribution in [3.8, 4) is 11.1 Å². The van der Waals surface area contributed by atoms with Gasteiger partial charge in [-0.3, -0.25) is 0 Å². The standard InChI is InChI=1S/C16H16F3N/c1-10(2)20-9-12-4-3-11(7-16(12)19)13-5-14(17)8-15(18)6-13/h3-8,10,20H,9H2,1-2H3. The highest BCUT2D eigenvalue weighted by atomic mass is 19.1. The third kappa shape index (κ3) is 3.61. The van der Waals surface area contributed by atoms with Crippen molar-refractivity contribution in [2.75, 3.05) is 0 Å². The van der Waals surface area contributed by atoms with E-state index < -0.39 is 11.6 Å². The molecule has 0 aliphatic heterocycles. The molecule has 0 aliphatic carbocycles. The van der Waals surface area contributed by atoms with Gasteiger partial charge in [-0.15, -0.1) is 0 Å². The smallest absolute Gasteiger partial charge is 0.128 e. The van der Waals surface area contributed by atoms with E-state index in [0.29, 0.717) is 23.2 Å². The number of hydrogen-bond acceptors (Lipinski definition) is 1. The molecule has 0 aliphatic rings. The van der Waals surface area contributed by atoms with Crippen molar-refractivity contribution >= 4 is 0 Å². The van der Waals surface area contributed by atoms with Crippen molar-refractivity contribution in [3.63, 3.8) is 0 Å². The molecule has 2 aromatic carbocycles. The molecule has 0 unspecified atom stereocenters. The highest BCUT2D eigenvalue weighted by Crippen LogP contribution is 2.24. The lowest BCUT2D eigenvalue weighted by Crippen LogP contribution is -2.22.